The summed E-state index contributed by atoms with van der Waals surface area (Å²) >= 11 is 0. The first-order valence-electron chi connectivity index (χ1n) is 6.25. The van der Waals surface area contributed by atoms with Crippen LogP contribution >= 0.6 is 0 Å². The number of nitrogens with zero attached hydrogens (tertiary/aromatic N) is 5. The van der Waals surface area contributed by atoms with Crippen LogP contribution < -0.4 is 5.32 Å². The summed E-state index contributed by atoms with van der Waals surface area (Å²) in [7, 11) is 0. The molecule has 7 nitrogen and oxygen atoms in total. The first kappa shape index (κ1) is 11.6. The van der Waals surface area contributed by atoms with E-state index in [9.17, 15) is 4.79 Å². The van der Waals surface area contributed by atoms with Gasteiger partial charge in [0, 0.05) is 6.20 Å². The second-order valence-electron chi connectivity index (χ2n) is 4.47. The van der Waals surface area contributed by atoms with Crippen LogP contribution in [0.2, 0.25) is 0 Å². The van der Waals surface area contributed by atoms with Gasteiger partial charge in [0.15, 0.2) is 5.71 Å². The number of carbonyl (C=O) groups excluding carboxylic acids is 1. The van der Waals surface area contributed by atoms with Gasteiger partial charge in [-0.3, -0.25) is 9.78 Å². The van der Waals surface area contributed by atoms with Gasteiger partial charge in [0.25, 0.3) is 5.91 Å². The van der Waals surface area contributed by atoms with Gasteiger partial charge in [-0.05, 0) is 29.5 Å². The zero-order valence-electron chi connectivity index (χ0n) is 10.7. The molecule has 0 bridgehead atoms. The van der Waals surface area contributed by atoms with Gasteiger partial charge in [-0.25, -0.2) is 4.99 Å². The second-order valence-corrected chi connectivity index (χ2v) is 4.47. The Kier molecular flexibility index (Phi) is 2.43. The van der Waals surface area contributed by atoms with Crippen molar-refractivity contribution >= 4 is 33.9 Å². The highest BCUT2D eigenvalue weighted by atomic mass is 16.1. The number of amides is 1. The molecule has 21 heavy (non-hydrogen) atoms. The van der Waals surface area contributed by atoms with E-state index in [0.29, 0.717) is 22.6 Å². The van der Waals surface area contributed by atoms with E-state index >= 15 is 0 Å². The number of benzene rings is 1. The molecule has 2 aromatic heterocycles. The van der Waals surface area contributed by atoms with Crippen molar-refractivity contribution in [2.24, 2.45) is 4.99 Å². The molecule has 0 fully saturated rings. The van der Waals surface area contributed by atoms with E-state index in [-0.39, 0.29) is 11.6 Å². The summed E-state index contributed by atoms with van der Waals surface area (Å²) in [4.78, 5) is 20.6. The van der Waals surface area contributed by atoms with Gasteiger partial charge in [-0.2, -0.15) is 0 Å². The van der Waals surface area contributed by atoms with Crippen molar-refractivity contribution < 1.29 is 4.79 Å². The summed E-state index contributed by atoms with van der Waals surface area (Å²) in [5, 5.41) is 15.1. The molecular weight excluding hydrogens is 268 g/mol. The molecule has 0 spiro atoms. The Morgan fingerprint density at radius 2 is 2.05 bits per heavy atom. The van der Waals surface area contributed by atoms with Gasteiger partial charge in [-0.1, -0.05) is 6.07 Å². The third-order valence-corrected chi connectivity index (χ3v) is 3.15. The van der Waals surface area contributed by atoms with Gasteiger partial charge < -0.3 is 5.32 Å². The maximum atomic E-state index is 12.4. The van der Waals surface area contributed by atoms with Crippen LogP contribution in [0.15, 0.2) is 47.7 Å². The van der Waals surface area contributed by atoms with Crippen LogP contribution in [0.3, 0.4) is 0 Å². The topological polar surface area (TPSA) is 93.0 Å². The highest BCUT2D eigenvalue weighted by Gasteiger charge is 2.26. The molecule has 0 radical (unpaired) electrons. The van der Waals surface area contributed by atoms with E-state index in [1.165, 1.54) is 0 Å². The fourth-order valence-corrected chi connectivity index (χ4v) is 2.24. The molecule has 1 aliphatic heterocycles. The van der Waals surface area contributed by atoms with Crippen molar-refractivity contribution in [2.75, 3.05) is 5.32 Å². The Morgan fingerprint density at radius 3 is 2.90 bits per heavy atom. The van der Waals surface area contributed by atoms with Gasteiger partial charge in [-0.15, -0.1) is 10.2 Å². The molecule has 0 saturated carbocycles. The van der Waals surface area contributed by atoms with Crippen LogP contribution in [0.1, 0.15) is 5.69 Å². The van der Waals surface area contributed by atoms with Crippen molar-refractivity contribution in [3.8, 4) is 0 Å². The summed E-state index contributed by atoms with van der Waals surface area (Å²) in [6.45, 7) is 0. The third kappa shape index (κ3) is 1.83. The highest BCUT2D eigenvalue weighted by molar-refractivity contribution is 6.52. The Labute approximate surface area is 118 Å². The fraction of sp³-hybridized carbons (Fsp3) is 0. The molecule has 0 aliphatic carbocycles. The Morgan fingerprint density at radius 1 is 1.10 bits per heavy atom. The lowest BCUT2D eigenvalue weighted by Gasteiger charge is -2.04. The monoisotopic (exact) mass is 276 g/mol. The normalized spacial score (nSPS) is 12.3. The fourth-order valence-electron chi connectivity index (χ4n) is 2.24. The van der Waals surface area contributed by atoms with E-state index in [0.717, 1.165) is 5.39 Å². The predicted molar refractivity (Wildman–Crippen MR) is 76.4 cm³/mol. The SMILES string of the molecule is O=C(Nc1cccnc1)C1=Nc2cccc3nnnc1c23. The molecule has 3 aromatic rings. The number of pyridine rings is 1. The van der Waals surface area contributed by atoms with Gasteiger partial charge >= 0.3 is 0 Å². The Balaban J connectivity index is 1.75. The highest BCUT2D eigenvalue weighted by Crippen LogP contribution is 2.32. The summed E-state index contributed by atoms with van der Waals surface area (Å²) in [5.74, 6) is -0.346. The number of rotatable bonds is 2. The number of carbonyl (C=O) groups is 1. The lowest BCUT2D eigenvalue weighted by Crippen LogP contribution is -2.23. The zero-order chi connectivity index (χ0) is 14.2. The van der Waals surface area contributed by atoms with Gasteiger partial charge in [0.1, 0.15) is 5.69 Å². The minimum atomic E-state index is -0.346. The summed E-state index contributed by atoms with van der Waals surface area (Å²) in [5.41, 5.74) is 2.64. The molecule has 7 heteroatoms. The molecule has 4 rings (SSSR count). The first-order chi connectivity index (χ1) is 10.3. The van der Waals surface area contributed by atoms with Crippen LogP contribution in [-0.4, -0.2) is 32.0 Å². The molecule has 1 aliphatic rings. The van der Waals surface area contributed by atoms with E-state index in [1.54, 1.807) is 24.5 Å². The zero-order valence-corrected chi connectivity index (χ0v) is 10.7. The van der Waals surface area contributed by atoms with Crippen molar-refractivity contribution in [3.63, 3.8) is 0 Å². The maximum Gasteiger partial charge on any atom is 0.276 e. The number of hydrogen-bond acceptors (Lipinski definition) is 6. The molecule has 0 atom stereocenters. The number of anilines is 1. The smallest absolute Gasteiger partial charge is 0.276 e. The van der Waals surface area contributed by atoms with Crippen LogP contribution in [0, 0.1) is 0 Å². The minimum absolute atomic E-state index is 0.236. The van der Waals surface area contributed by atoms with E-state index in [4.69, 9.17) is 0 Å². The number of aromatic nitrogens is 4. The lowest BCUT2D eigenvalue weighted by atomic mass is 10.1. The predicted octanol–water partition coefficient (Wildman–Crippen LogP) is 1.49. The van der Waals surface area contributed by atoms with Crippen LogP contribution in [-0.2, 0) is 4.79 Å². The van der Waals surface area contributed by atoms with Crippen LogP contribution in [0.25, 0.3) is 10.9 Å². The minimum Gasteiger partial charge on any atom is -0.319 e. The summed E-state index contributed by atoms with van der Waals surface area (Å²) < 4.78 is 0. The molecule has 3 heterocycles. The summed E-state index contributed by atoms with van der Waals surface area (Å²) in [6.07, 6.45) is 3.20. The number of hydrogen-bond donors (Lipinski definition) is 1. The molecule has 1 N–H and O–H groups in total. The largest absolute Gasteiger partial charge is 0.319 e. The average molecular weight is 276 g/mol. The molecule has 0 saturated heterocycles. The third-order valence-electron chi connectivity index (χ3n) is 3.15. The quantitative estimate of drug-likeness (QED) is 0.765. The Hall–Kier alpha value is -3.22. The van der Waals surface area contributed by atoms with Gasteiger partial charge in [0.2, 0.25) is 0 Å². The standard InChI is InChI=1S/C14H8N6O/c21-14(16-8-3-2-6-15-7-8)13-12-11-9(17-13)4-1-5-10(11)18-20-19-12/h1-7H,(H,16,21). The lowest BCUT2D eigenvalue weighted by molar-refractivity contribution is -0.110. The first-order valence-corrected chi connectivity index (χ1v) is 6.25. The summed E-state index contributed by atoms with van der Waals surface area (Å²) in [6, 6.07) is 8.95. The molecule has 1 aromatic carbocycles. The molecule has 100 valence electrons. The van der Waals surface area contributed by atoms with Crippen molar-refractivity contribution in [2.45, 2.75) is 0 Å². The van der Waals surface area contributed by atoms with E-state index in [2.05, 4.69) is 30.7 Å². The van der Waals surface area contributed by atoms with Crippen molar-refractivity contribution in [1.29, 1.82) is 0 Å². The molecule has 0 unspecified atom stereocenters. The number of nitrogens with one attached hydrogen (secondary N) is 1. The van der Waals surface area contributed by atoms with Crippen LogP contribution in [0.4, 0.5) is 11.4 Å². The maximum absolute atomic E-state index is 12.4. The average Bonchev–Trinajstić information content (AvgIpc) is 2.90. The molecular formula is C14H8N6O. The van der Waals surface area contributed by atoms with E-state index < -0.39 is 0 Å². The van der Waals surface area contributed by atoms with Crippen LogP contribution in [0.5, 0.6) is 0 Å². The Bertz CT molecular complexity index is 885. The second kappa shape index (κ2) is 4.41. The van der Waals surface area contributed by atoms with Crippen molar-refractivity contribution in [1.82, 2.24) is 20.4 Å². The number of aliphatic imine (C=N–C) groups is 1. The van der Waals surface area contributed by atoms with E-state index in [1.807, 2.05) is 18.2 Å². The molecule has 1 amide bonds. The van der Waals surface area contributed by atoms with Gasteiger partial charge in [0.05, 0.1) is 28.5 Å². The van der Waals surface area contributed by atoms with Crippen molar-refractivity contribution in [3.05, 3.63) is 48.4 Å².